The zero-order valence-corrected chi connectivity index (χ0v) is 18.6. The van der Waals surface area contributed by atoms with Crippen LogP contribution in [-0.2, 0) is 17.8 Å². The number of aromatic nitrogens is 4. The Kier molecular flexibility index (Phi) is 6.90. The van der Waals surface area contributed by atoms with Gasteiger partial charge in [-0.05, 0) is 60.7 Å². The molecule has 0 radical (unpaired) electrons. The number of nitrogens with one attached hydrogen (secondary N) is 1. The Morgan fingerprint density at radius 3 is 2.72 bits per heavy atom. The van der Waals surface area contributed by atoms with Gasteiger partial charge in [-0.15, -0.1) is 12.4 Å². The number of amides is 1. The van der Waals surface area contributed by atoms with Crippen molar-refractivity contribution in [1.29, 1.82) is 0 Å². The number of halogens is 2. The van der Waals surface area contributed by atoms with Crippen molar-refractivity contribution < 1.29 is 9.18 Å². The molecule has 10 heteroatoms. The van der Waals surface area contributed by atoms with Gasteiger partial charge in [0, 0.05) is 24.2 Å². The van der Waals surface area contributed by atoms with Gasteiger partial charge in [0.1, 0.15) is 12.1 Å². The lowest BCUT2D eigenvalue weighted by Crippen LogP contribution is -2.26. The molecular weight excluding hydrogens is 435 g/mol. The van der Waals surface area contributed by atoms with Crippen molar-refractivity contribution in [3.05, 3.63) is 69.7 Å². The molecule has 0 saturated carbocycles. The van der Waals surface area contributed by atoms with Crippen molar-refractivity contribution in [1.82, 2.24) is 19.3 Å². The molecule has 1 aliphatic rings. The predicted octanol–water partition coefficient (Wildman–Crippen LogP) is 2.83. The summed E-state index contributed by atoms with van der Waals surface area (Å²) in [7, 11) is 0. The summed E-state index contributed by atoms with van der Waals surface area (Å²) in [4.78, 5) is 29.2. The number of nitrogens with zero attached hydrogens (tertiary/aromatic N) is 4. The predicted molar refractivity (Wildman–Crippen MR) is 123 cm³/mol. The second-order valence-corrected chi connectivity index (χ2v) is 7.63. The molecule has 3 aromatic rings. The van der Waals surface area contributed by atoms with Crippen molar-refractivity contribution in [2.24, 2.45) is 5.73 Å². The molecule has 1 amide bonds. The van der Waals surface area contributed by atoms with Gasteiger partial charge >= 0.3 is 5.69 Å². The topological polar surface area (TPSA) is 108 Å². The smallest absolute Gasteiger partial charge is 0.327 e. The highest BCUT2D eigenvalue weighted by Gasteiger charge is 2.19. The minimum absolute atomic E-state index is 0. The fourth-order valence-corrected chi connectivity index (χ4v) is 3.68. The number of nitrogens with two attached hydrogens (primary N) is 1. The molecule has 8 nitrogen and oxygen atoms in total. The van der Waals surface area contributed by atoms with Crippen LogP contribution in [0, 0.1) is 13.8 Å². The van der Waals surface area contributed by atoms with Crippen LogP contribution in [0.15, 0.2) is 47.3 Å². The van der Waals surface area contributed by atoms with Gasteiger partial charge in [0.2, 0.25) is 5.91 Å². The Balaban J connectivity index is 0.00000289. The van der Waals surface area contributed by atoms with Gasteiger partial charge in [0.05, 0.1) is 18.6 Å². The van der Waals surface area contributed by atoms with Gasteiger partial charge in [-0.1, -0.05) is 6.07 Å². The summed E-state index contributed by atoms with van der Waals surface area (Å²) in [6, 6.07) is 7.78. The first-order chi connectivity index (χ1) is 14.9. The number of pyridine rings is 1. The zero-order valence-electron chi connectivity index (χ0n) is 17.8. The minimum atomic E-state index is -0.426. The summed E-state index contributed by atoms with van der Waals surface area (Å²) in [6.07, 6.45) is 2.90. The number of benzene rings is 1. The van der Waals surface area contributed by atoms with E-state index in [0.717, 1.165) is 32.6 Å². The SMILES string of the molecule is Cc1ccc(-c2cc(C)c3c(c2)CCC(=O)N3)nc1-n1cnn(C/C(=C/F)CN)c1=O.Cl. The van der Waals surface area contributed by atoms with Crippen LogP contribution in [0.4, 0.5) is 10.1 Å². The van der Waals surface area contributed by atoms with Gasteiger partial charge < -0.3 is 11.1 Å². The second-order valence-electron chi connectivity index (χ2n) is 7.63. The Bertz CT molecular complexity index is 1260. The minimum Gasteiger partial charge on any atom is -0.327 e. The normalized spacial score (nSPS) is 13.4. The maximum Gasteiger partial charge on any atom is 0.351 e. The molecule has 0 fully saturated rings. The second kappa shape index (κ2) is 9.46. The quantitative estimate of drug-likeness (QED) is 0.611. The van der Waals surface area contributed by atoms with E-state index in [1.807, 2.05) is 38.1 Å². The molecule has 1 aromatic carbocycles. The van der Waals surface area contributed by atoms with Crippen molar-refractivity contribution in [2.75, 3.05) is 11.9 Å². The van der Waals surface area contributed by atoms with Crippen LogP contribution in [0.2, 0.25) is 0 Å². The first kappa shape index (κ1) is 23.4. The van der Waals surface area contributed by atoms with Gasteiger partial charge in [-0.25, -0.2) is 23.4 Å². The molecule has 0 unspecified atom stereocenters. The van der Waals surface area contributed by atoms with Crippen molar-refractivity contribution in [2.45, 2.75) is 33.2 Å². The first-order valence-corrected chi connectivity index (χ1v) is 9.95. The van der Waals surface area contributed by atoms with Crippen LogP contribution in [0.5, 0.6) is 0 Å². The molecule has 3 N–H and O–H groups in total. The number of anilines is 1. The standard InChI is InChI=1S/C22H23FN6O2.ClH/c1-13-3-5-18(17-7-14(2)20-16(8-17)4-6-19(30)27-20)26-21(13)28-12-25-29(22(28)31)11-15(9-23)10-24;/h3,5,7-9,12H,4,6,10-11,24H2,1-2H3,(H,27,30);1H/b15-9+;. The number of aryl methyl sites for hydroxylation is 3. The third kappa shape index (κ3) is 4.35. The summed E-state index contributed by atoms with van der Waals surface area (Å²) >= 11 is 0. The summed E-state index contributed by atoms with van der Waals surface area (Å²) in [5.74, 6) is 0.479. The maximum absolute atomic E-state index is 12.9. The number of rotatable bonds is 5. The average molecular weight is 459 g/mol. The highest BCUT2D eigenvalue weighted by Crippen LogP contribution is 2.32. The van der Waals surface area contributed by atoms with E-state index >= 15 is 0 Å². The first-order valence-electron chi connectivity index (χ1n) is 9.95. The van der Waals surface area contributed by atoms with E-state index in [-0.39, 0.29) is 37.0 Å². The molecule has 32 heavy (non-hydrogen) atoms. The molecular formula is C22H24ClFN6O2. The zero-order chi connectivity index (χ0) is 22.1. The van der Waals surface area contributed by atoms with Gasteiger partial charge in [0.25, 0.3) is 0 Å². The largest absolute Gasteiger partial charge is 0.351 e. The highest BCUT2D eigenvalue weighted by atomic mass is 35.5. The average Bonchev–Trinajstić information content (AvgIpc) is 3.12. The molecule has 0 atom stereocenters. The summed E-state index contributed by atoms with van der Waals surface area (Å²) in [6.45, 7) is 3.79. The fourth-order valence-electron chi connectivity index (χ4n) is 3.68. The fraction of sp³-hybridized carbons (Fsp3) is 0.273. The molecule has 0 aliphatic carbocycles. The Morgan fingerprint density at radius 2 is 2.00 bits per heavy atom. The third-order valence-corrected chi connectivity index (χ3v) is 5.40. The molecule has 2 aromatic heterocycles. The van der Waals surface area contributed by atoms with E-state index in [2.05, 4.69) is 10.4 Å². The van der Waals surface area contributed by atoms with Crippen LogP contribution in [-0.4, -0.2) is 31.8 Å². The Morgan fingerprint density at radius 1 is 1.22 bits per heavy atom. The van der Waals surface area contributed by atoms with Gasteiger partial charge in [0.15, 0.2) is 0 Å². The van der Waals surface area contributed by atoms with E-state index in [1.54, 1.807) is 0 Å². The molecule has 1 aliphatic heterocycles. The highest BCUT2D eigenvalue weighted by molar-refractivity contribution is 5.95. The van der Waals surface area contributed by atoms with Crippen molar-refractivity contribution in [3.63, 3.8) is 0 Å². The Labute approximate surface area is 190 Å². The number of carbonyl (C=O) groups excluding carboxylic acids is 1. The van der Waals surface area contributed by atoms with E-state index < -0.39 is 5.69 Å². The van der Waals surface area contributed by atoms with Crippen LogP contribution < -0.4 is 16.7 Å². The van der Waals surface area contributed by atoms with Crippen molar-refractivity contribution in [3.8, 4) is 17.1 Å². The lowest BCUT2D eigenvalue weighted by atomic mass is 9.95. The third-order valence-electron chi connectivity index (χ3n) is 5.40. The summed E-state index contributed by atoms with van der Waals surface area (Å²) in [5.41, 5.74) is 10.6. The number of fused-ring (bicyclic) bond motifs is 1. The number of hydrogen-bond donors (Lipinski definition) is 2. The molecule has 3 heterocycles. The molecule has 168 valence electrons. The van der Waals surface area contributed by atoms with E-state index in [0.29, 0.717) is 30.7 Å². The number of hydrogen-bond acceptors (Lipinski definition) is 5. The van der Waals surface area contributed by atoms with E-state index in [4.69, 9.17) is 10.7 Å². The molecule has 0 saturated heterocycles. The molecule has 0 spiro atoms. The van der Waals surface area contributed by atoms with Crippen molar-refractivity contribution >= 4 is 24.0 Å². The summed E-state index contributed by atoms with van der Waals surface area (Å²) < 4.78 is 15.4. The van der Waals surface area contributed by atoms with E-state index in [1.165, 1.54) is 10.9 Å². The molecule has 0 bridgehead atoms. The van der Waals surface area contributed by atoms with Crippen LogP contribution >= 0.6 is 12.4 Å². The van der Waals surface area contributed by atoms with Crippen LogP contribution in [0.25, 0.3) is 17.1 Å². The van der Waals surface area contributed by atoms with Gasteiger partial charge in [-0.3, -0.25) is 4.79 Å². The number of carbonyl (C=O) groups is 1. The molecule has 4 rings (SSSR count). The Hall–Kier alpha value is -3.30. The maximum atomic E-state index is 12.9. The van der Waals surface area contributed by atoms with E-state index in [9.17, 15) is 14.0 Å². The van der Waals surface area contributed by atoms with Crippen LogP contribution in [0.1, 0.15) is 23.1 Å². The lowest BCUT2D eigenvalue weighted by Gasteiger charge is -2.20. The summed E-state index contributed by atoms with van der Waals surface area (Å²) in [5, 5.41) is 7.01. The van der Waals surface area contributed by atoms with Crippen LogP contribution in [0.3, 0.4) is 0 Å². The lowest BCUT2D eigenvalue weighted by molar-refractivity contribution is -0.116. The monoisotopic (exact) mass is 458 g/mol. The van der Waals surface area contributed by atoms with Gasteiger partial charge in [-0.2, -0.15) is 5.10 Å².